The van der Waals surface area contributed by atoms with Crippen LogP contribution in [0.1, 0.15) is 40.2 Å². The number of hydrogen-bond donors (Lipinski definition) is 0. The van der Waals surface area contributed by atoms with Gasteiger partial charge in [-0.15, -0.1) is 0 Å². The Bertz CT molecular complexity index is 893. The summed E-state index contributed by atoms with van der Waals surface area (Å²) < 4.78 is 1.93. The molecular weight excluding hydrogens is 322 g/mol. The molecule has 4 rings (SSSR count). The van der Waals surface area contributed by atoms with Crippen LogP contribution in [0.3, 0.4) is 0 Å². The number of benzene rings is 2. The maximum atomic E-state index is 12.7. The van der Waals surface area contributed by atoms with Crippen LogP contribution in [0.4, 0.5) is 0 Å². The van der Waals surface area contributed by atoms with Crippen molar-refractivity contribution in [2.45, 2.75) is 25.7 Å². The Morgan fingerprint density at radius 3 is 2.54 bits per heavy atom. The number of para-hydroxylation sites is 1. The molecule has 0 saturated carbocycles. The lowest BCUT2D eigenvalue weighted by Gasteiger charge is -2.31. The lowest BCUT2D eigenvalue weighted by molar-refractivity contribution is 0.0713. The first-order valence-electron chi connectivity index (χ1n) is 9.16. The predicted octanol–water partition coefficient (Wildman–Crippen LogP) is 4.20. The summed E-state index contributed by atoms with van der Waals surface area (Å²) in [6.45, 7) is 3.62. The van der Waals surface area contributed by atoms with Crippen LogP contribution >= 0.6 is 0 Å². The molecule has 132 valence electrons. The van der Waals surface area contributed by atoms with Gasteiger partial charge in [-0.3, -0.25) is 4.79 Å². The van der Waals surface area contributed by atoms with Gasteiger partial charge in [0.2, 0.25) is 0 Å². The summed E-state index contributed by atoms with van der Waals surface area (Å²) in [5, 5.41) is 4.51. The molecule has 0 unspecified atom stereocenters. The Hall–Kier alpha value is -2.88. The molecule has 0 N–H and O–H groups in total. The molecule has 0 atom stereocenters. The molecule has 1 saturated heterocycles. The topological polar surface area (TPSA) is 38.1 Å². The van der Waals surface area contributed by atoms with E-state index in [9.17, 15) is 4.79 Å². The van der Waals surface area contributed by atoms with Crippen LogP contribution in [-0.4, -0.2) is 33.7 Å². The summed E-state index contributed by atoms with van der Waals surface area (Å²) >= 11 is 0. The zero-order chi connectivity index (χ0) is 17.9. The number of rotatable bonds is 3. The fraction of sp³-hybridized carbons (Fsp3) is 0.273. The summed E-state index contributed by atoms with van der Waals surface area (Å²) in [5.41, 5.74) is 4.25. The van der Waals surface area contributed by atoms with E-state index in [0.717, 1.165) is 42.7 Å². The highest BCUT2D eigenvalue weighted by molar-refractivity contribution is 5.94. The van der Waals surface area contributed by atoms with Gasteiger partial charge in [-0.2, -0.15) is 5.10 Å². The molecule has 1 aliphatic heterocycles. The molecule has 3 aromatic rings. The normalized spacial score (nSPS) is 15.2. The molecule has 4 nitrogen and oxygen atoms in total. The van der Waals surface area contributed by atoms with Gasteiger partial charge in [-0.1, -0.05) is 35.9 Å². The van der Waals surface area contributed by atoms with Gasteiger partial charge in [-0.25, -0.2) is 4.68 Å². The number of aromatic nitrogens is 2. The van der Waals surface area contributed by atoms with E-state index >= 15 is 0 Å². The molecule has 0 radical (unpaired) electrons. The second kappa shape index (κ2) is 7.16. The number of piperidine rings is 1. The molecule has 2 heterocycles. The number of amides is 1. The standard InChI is InChI=1S/C22H23N3O/c1-17-6-5-7-19(14-17)22(26)24-12-10-18(11-13-24)20-15-23-25(16-20)21-8-3-2-4-9-21/h2-9,14-16,18H,10-13H2,1H3. The third-order valence-electron chi connectivity index (χ3n) is 5.14. The Labute approximate surface area is 154 Å². The van der Waals surface area contributed by atoms with Gasteiger partial charge in [0, 0.05) is 24.8 Å². The first-order chi connectivity index (χ1) is 12.7. The van der Waals surface area contributed by atoms with Crippen molar-refractivity contribution < 1.29 is 4.79 Å². The van der Waals surface area contributed by atoms with Gasteiger partial charge in [0.1, 0.15) is 0 Å². The molecular formula is C22H23N3O. The van der Waals surface area contributed by atoms with Gasteiger partial charge in [-0.05, 0) is 55.5 Å². The van der Waals surface area contributed by atoms with Crippen LogP contribution in [0.15, 0.2) is 67.0 Å². The highest BCUT2D eigenvalue weighted by Crippen LogP contribution is 2.29. The van der Waals surface area contributed by atoms with Crippen LogP contribution in [0.25, 0.3) is 5.69 Å². The van der Waals surface area contributed by atoms with Gasteiger partial charge in [0.25, 0.3) is 5.91 Å². The average molecular weight is 345 g/mol. The Morgan fingerprint density at radius 2 is 1.81 bits per heavy atom. The Kier molecular flexibility index (Phi) is 4.57. The second-order valence-electron chi connectivity index (χ2n) is 6.99. The predicted molar refractivity (Wildman–Crippen MR) is 103 cm³/mol. The van der Waals surface area contributed by atoms with E-state index in [-0.39, 0.29) is 5.91 Å². The lowest BCUT2D eigenvalue weighted by atomic mass is 9.91. The van der Waals surface area contributed by atoms with E-state index < -0.39 is 0 Å². The number of likely N-dealkylation sites (tertiary alicyclic amines) is 1. The molecule has 1 aliphatic rings. The fourth-order valence-electron chi connectivity index (χ4n) is 3.65. The summed E-state index contributed by atoms with van der Waals surface area (Å²) in [4.78, 5) is 14.7. The van der Waals surface area contributed by atoms with Crippen molar-refractivity contribution >= 4 is 5.91 Å². The monoisotopic (exact) mass is 345 g/mol. The number of carbonyl (C=O) groups excluding carboxylic acids is 1. The molecule has 2 aromatic carbocycles. The van der Waals surface area contributed by atoms with Crippen LogP contribution in [-0.2, 0) is 0 Å². The summed E-state index contributed by atoms with van der Waals surface area (Å²) in [6, 6.07) is 18.0. The fourth-order valence-corrected chi connectivity index (χ4v) is 3.65. The second-order valence-corrected chi connectivity index (χ2v) is 6.99. The van der Waals surface area contributed by atoms with Crippen LogP contribution < -0.4 is 0 Å². The van der Waals surface area contributed by atoms with E-state index in [1.165, 1.54) is 5.56 Å². The van der Waals surface area contributed by atoms with E-state index in [0.29, 0.717) is 5.92 Å². The highest BCUT2D eigenvalue weighted by atomic mass is 16.2. The van der Waals surface area contributed by atoms with Crippen molar-refractivity contribution in [3.8, 4) is 5.69 Å². The number of carbonyl (C=O) groups is 1. The number of hydrogen-bond acceptors (Lipinski definition) is 2. The molecule has 1 amide bonds. The van der Waals surface area contributed by atoms with Gasteiger partial charge < -0.3 is 4.90 Å². The van der Waals surface area contributed by atoms with Gasteiger partial charge in [0.05, 0.1) is 11.9 Å². The smallest absolute Gasteiger partial charge is 0.253 e. The molecule has 1 aromatic heterocycles. The van der Waals surface area contributed by atoms with Crippen molar-refractivity contribution in [2.75, 3.05) is 13.1 Å². The van der Waals surface area contributed by atoms with E-state index in [4.69, 9.17) is 0 Å². The molecule has 4 heteroatoms. The Balaban J connectivity index is 1.41. The molecule has 0 aliphatic carbocycles. The first kappa shape index (κ1) is 16.6. The van der Waals surface area contributed by atoms with E-state index in [1.807, 2.05) is 65.2 Å². The van der Waals surface area contributed by atoms with Crippen LogP contribution in [0, 0.1) is 6.92 Å². The third kappa shape index (κ3) is 3.40. The van der Waals surface area contributed by atoms with Gasteiger partial charge in [0.15, 0.2) is 0 Å². The highest BCUT2D eigenvalue weighted by Gasteiger charge is 2.25. The Morgan fingerprint density at radius 1 is 1.04 bits per heavy atom. The van der Waals surface area contributed by atoms with Crippen molar-refractivity contribution in [1.29, 1.82) is 0 Å². The minimum Gasteiger partial charge on any atom is -0.339 e. The molecule has 0 bridgehead atoms. The average Bonchev–Trinajstić information content (AvgIpc) is 3.18. The van der Waals surface area contributed by atoms with E-state index in [1.54, 1.807) is 0 Å². The zero-order valence-electron chi connectivity index (χ0n) is 15.0. The summed E-state index contributed by atoms with van der Waals surface area (Å²) in [6.07, 6.45) is 6.06. The molecule has 0 spiro atoms. The van der Waals surface area contributed by atoms with Crippen LogP contribution in [0.5, 0.6) is 0 Å². The zero-order valence-corrected chi connectivity index (χ0v) is 15.0. The summed E-state index contributed by atoms with van der Waals surface area (Å²) in [7, 11) is 0. The molecule has 1 fully saturated rings. The SMILES string of the molecule is Cc1cccc(C(=O)N2CCC(c3cnn(-c4ccccc4)c3)CC2)c1. The summed E-state index contributed by atoms with van der Waals surface area (Å²) in [5.74, 6) is 0.612. The van der Waals surface area contributed by atoms with Crippen molar-refractivity contribution in [3.63, 3.8) is 0 Å². The maximum Gasteiger partial charge on any atom is 0.253 e. The van der Waals surface area contributed by atoms with Crippen LogP contribution in [0.2, 0.25) is 0 Å². The maximum absolute atomic E-state index is 12.7. The minimum absolute atomic E-state index is 0.145. The minimum atomic E-state index is 0.145. The number of nitrogens with zero attached hydrogens (tertiary/aromatic N) is 3. The largest absolute Gasteiger partial charge is 0.339 e. The van der Waals surface area contributed by atoms with Crippen molar-refractivity contribution in [1.82, 2.24) is 14.7 Å². The van der Waals surface area contributed by atoms with Gasteiger partial charge >= 0.3 is 0 Å². The third-order valence-corrected chi connectivity index (χ3v) is 5.14. The van der Waals surface area contributed by atoms with E-state index in [2.05, 4.69) is 23.4 Å². The van der Waals surface area contributed by atoms with Crippen molar-refractivity contribution in [3.05, 3.63) is 83.7 Å². The molecule has 26 heavy (non-hydrogen) atoms. The van der Waals surface area contributed by atoms with Crippen molar-refractivity contribution in [2.24, 2.45) is 0 Å². The first-order valence-corrected chi connectivity index (χ1v) is 9.16. The lowest BCUT2D eigenvalue weighted by Crippen LogP contribution is -2.37. The quantitative estimate of drug-likeness (QED) is 0.713. The number of aryl methyl sites for hydroxylation is 1.